The van der Waals surface area contributed by atoms with Crippen LogP contribution in [0.15, 0.2) is 35.8 Å². The molecule has 0 saturated heterocycles. The number of fused-ring (bicyclic) bond motifs is 3. The number of benzene rings is 2. The van der Waals surface area contributed by atoms with E-state index in [2.05, 4.69) is 15.4 Å². The van der Waals surface area contributed by atoms with Gasteiger partial charge >= 0.3 is 0 Å². The highest BCUT2D eigenvalue weighted by molar-refractivity contribution is 6.36. The van der Waals surface area contributed by atoms with Gasteiger partial charge in [-0.3, -0.25) is 9.59 Å². The number of aromatic nitrogens is 3. The average Bonchev–Trinajstić information content (AvgIpc) is 3.69. The van der Waals surface area contributed by atoms with E-state index >= 15 is 0 Å². The van der Waals surface area contributed by atoms with Crippen molar-refractivity contribution in [2.75, 3.05) is 33.4 Å². The minimum atomic E-state index is -1.89. The summed E-state index contributed by atoms with van der Waals surface area (Å²) in [7, 11) is 4.39. The molecule has 3 aliphatic heterocycles. The minimum Gasteiger partial charge on any atom is -0.496 e. The quantitative estimate of drug-likeness (QED) is 0.465. The molecule has 7 rings (SSSR count). The maximum absolute atomic E-state index is 14.7. The Morgan fingerprint density at radius 3 is 2.55 bits per heavy atom. The molecule has 1 aromatic heterocycles. The fraction of sp³-hybridized carbons (Fsp3) is 0.333. The van der Waals surface area contributed by atoms with Crippen LogP contribution >= 0.6 is 11.6 Å². The normalized spacial score (nSPS) is 23.8. The first-order valence-corrected chi connectivity index (χ1v) is 12.8. The molecule has 3 atom stereocenters. The van der Waals surface area contributed by atoms with Crippen LogP contribution in [0.4, 0.5) is 5.95 Å². The van der Waals surface area contributed by atoms with Gasteiger partial charge in [0.05, 0.1) is 21.3 Å². The van der Waals surface area contributed by atoms with Gasteiger partial charge in [0.15, 0.2) is 17.2 Å². The molecule has 13 heteroatoms. The Morgan fingerprint density at radius 2 is 1.80 bits per heavy atom. The molecule has 0 radical (unpaired) electrons. The van der Waals surface area contributed by atoms with Crippen molar-refractivity contribution in [1.29, 1.82) is 0 Å². The molecule has 0 fully saturated rings. The van der Waals surface area contributed by atoms with Gasteiger partial charge in [-0.1, -0.05) is 18.5 Å². The van der Waals surface area contributed by atoms with Crippen molar-refractivity contribution >= 4 is 29.1 Å². The summed E-state index contributed by atoms with van der Waals surface area (Å²) in [5.74, 6) is 0.717. The molecule has 3 aromatic rings. The van der Waals surface area contributed by atoms with Crippen LogP contribution < -0.4 is 33.7 Å². The zero-order valence-electron chi connectivity index (χ0n) is 21.9. The number of allylic oxidation sites excluding steroid dienone is 1. The minimum absolute atomic E-state index is 0.0378. The Kier molecular flexibility index (Phi) is 5.24. The van der Waals surface area contributed by atoms with Gasteiger partial charge in [0, 0.05) is 23.3 Å². The van der Waals surface area contributed by atoms with Gasteiger partial charge in [-0.25, -0.2) is 4.68 Å². The molecule has 1 spiro atoms. The molecule has 0 saturated carbocycles. The largest absolute Gasteiger partial charge is 0.496 e. The molecule has 12 nitrogen and oxygen atoms in total. The van der Waals surface area contributed by atoms with Crippen molar-refractivity contribution in [3.8, 4) is 34.5 Å². The fourth-order valence-electron chi connectivity index (χ4n) is 6.01. The second kappa shape index (κ2) is 8.52. The van der Waals surface area contributed by atoms with Crippen LogP contribution in [-0.4, -0.2) is 60.1 Å². The van der Waals surface area contributed by atoms with Crippen LogP contribution in [0.1, 0.15) is 35.3 Å². The summed E-state index contributed by atoms with van der Waals surface area (Å²) in [4.78, 5) is 33.3. The molecule has 1 aliphatic carbocycles. The van der Waals surface area contributed by atoms with E-state index in [1.807, 2.05) is 0 Å². The third kappa shape index (κ3) is 3.02. The lowest BCUT2D eigenvalue weighted by Gasteiger charge is -2.41. The summed E-state index contributed by atoms with van der Waals surface area (Å²) in [6.07, 6.45) is 1.70. The van der Waals surface area contributed by atoms with Crippen LogP contribution in [0.25, 0.3) is 0 Å². The van der Waals surface area contributed by atoms with Gasteiger partial charge in [0.25, 0.3) is 0 Å². The monoisotopic (exact) mass is 566 g/mol. The predicted octanol–water partition coefficient (Wildman–Crippen LogP) is 3.58. The highest BCUT2D eigenvalue weighted by Crippen LogP contribution is 2.56. The number of halogens is 1. The van der Waals surface area contributed by atoms with Gasteiger partial charge in [0.2, 0.25) is 35.7 Å². The van der Waals surface area contributed by atoms with Gasteiger partial charge < -0.3 is 33.7 Å². The maximum Gasteiger partial charge on any atom is 0.236 e. The molecule has 40 heavy (non-hydrogen) atoms. The first-order chi connectivity index (χ1) is 19.3. The lowest BCUT2D eigenvalue weighted by Crippen LogP contribution is -2.58. The highest BCUT2D eigenvalue weighted by Gasteiger charge is 2.63. The Balaban J connectivity index is 1.41. The molecular weight excluding hydrogens is 544 g/mol. The Morgan fingerprint density at radius 1 is 1.02 bits per heavy atom. The zero-order chi connectivity index (χ0) is 27.9. The van der Waals surface area contributed by atoms with E-state index in [4.69, 9.17) is 40.0 Å². The molecule has 1 N–H and O–H groups in total. The summed E-state index contributed by atoms with van der Waals surface area (Å²) in [6.45, 7) is 1.83. The van der Waals surface area contributed by atoms with Crippen LogP contribution in [-0.2, 0) is 4.79 Å². The molecule has 4 heterocycles. The molecule has 0 bridgehead atoms. The first-order valence-electron chi connectivity index (χ1n) is 12.4. The second-order valence-electron chi connectivity index (χ2n) is 9.81. The fourth-order valence-corrected chi connectivity index (χ4v) is 6.27. The van der Waals surface area contributed by atoms with Crippen LogP contribution in [0.2, 0.25) is 5.02 Å². The van der Waals surface area contributed by atoms with E-state index in [-0.39, 0.29) is 34.6 Å². The van der Waals surface area contributed by atoms with Gasteiger partial charge in [-0.2, -0.15) is 10.1 Å². The second-order valence-corrected chi connectivity index (χ2v) is 10.2. The average molecular weight is 567 g/mol. The number of hydrogen-bond donors (Lipinski definition) is 1. The number of ether oxygens (including phenoxy) is 6. The van der Waals surface area contributed by atoms with E-state index in [1.54, 1.807) is 23.7 Å². The lowest BCUT2D eigenvalue weighted by atomic mass is 9.69. The van der Waals surface area contributed by atoms with E-state index in [0.29, 0.717) is 46.5 Å². The number of nitrogens with one attached hydrogen (secondary N) is 1. The van der Waals surface area contributed by atoms with Crippen molar-refractivity contribution < 1.29 is 38.0 Å². The summed E-state index contributed by atoms with van der Waals surface area (Å²) >= 11 is 6.59. The third-order valence-electron chi connectivity index (χ3n) is 7.88. The molecule has 2 aromatic carbocycles. The topological polar surface area (TPSA) is 132 Å². The number of carbonyl (C=O) groups excluding carboxylic acids is 2. The molecule has 4 aliphatic rings. The lowest BCUT2D eigenvalue weighted by molar-refractivity contribution is -0.130. The number of carbonyl (C=O) groups is 2. The number of hydrogen-bond acceptors (Lipinski definition) is 11. The molecule has 0 amide bonds. The molecule has 3 unspecified atom stereocenters. The Labute approximate surface area is 232 Å². The smallest absolute Gasteiger partial charge is 0.236 e. The van der Waals surface area contributed by atoms with Crippen LogP contribution in [0.3, 0.4) is 0 Å². The highest BCUT2D eigenvalue weighted by atomic mass is 35.5. The van der Waals surface area contributed by atoms with E-state index in [1.165, 1.54) is 33.7 Å². The molecular formula is C27H23ClN4O8. The molecule has 206 valence electrons. The maximum atomic E-state index is 14.7. The standard InChI is InChI=1S/C27H23ClN4O8/c1-11-5-13-18(24(33)27(11)25(34)19-14(35-2)8-15(36-3)20(28)23(19)40-27)21(32-26(31-13)29-9-30-32)12-6-16(37-4)22-17(7-12)38-10-39-22/h6-9,11,21H,5,10H2,1-4H3,(H,29,30,31). The summed E-state index contributed by atoms with van der Waals surface area (Å²) < 4.78 is 35.6. The van der Waals surface area contributed by atoms with Gasteiger partial charge in [-0.05, 0) is 24.1 Å². The third-order valence-corrected chi connectivity index (χ3v) is 8.24. The number of methoxy groups -OCH3 is 3. The van der Waals surface area contributed by atoms with Crippen molar-refractivity contribution in [1.82, 2.24) is 14.8 Å². The summed E-state index contributed by atoms with van der Waals surface area (Å²) in [5.41, 5.74) is -0.235. The summed E-state index contributed by atoms with van der Waals surface area (Å²) in [5, 5.41) is 7.73. The van der Waals surface area contributed by atoms with Crippen molar-refractivity contribution in [3.05, 3.63) is 51.9 Å². The van der Waals surface area contributed by atoms with E-state index < -0.39 is 29.1 Å². The number of nitrogens with zero attached hydrogens (tertiary/aromatic N) is 3. The zero-order valence-corrected chi connectivity index (χ0v) is 22.6. The van der Waals surface area contributed by atoms with Crippen molar-refractivity contribution in [2.24, 2.45) is 5.92 Å². The van der Waals surface area contributed by atoms with Crippen LogP contribution in [0, 0.1) is 5.92 Å². The SMILES string of the molecule is COc1cc(OC)c2c(c1Cl)OC1(C(=O)C3=C(CC1C)Nc1ncnn1C3c1cc(OC)c3c(c1)OCO3)C2=O. The summed E-state index contributed by atoms with van der Waals surface area (Å²) in [6, 6.07) is 4.26. The number of rotatable bonds is 4. The predicted molar refractivity (Wildman–Crippen MR) is 139 cm³/mol. The van der Waals surface area contributed by atoms with Gasteiger partial charge in [0.1, 0.15) is 34.5 Å². The first kappa shape index (κ1) is 24.6. The van der Waals surface area contributed by atoms with Crippen LogP contribution in [0.5, 0.6) is 34.5 Å². The van der Waals surface area contributed by atoms with E-state index in [0.717, 1.165) is 0 Å². The van der Waals surface area contributed by atoms with E-state index in [9.17, 15) is 9.59 Å². The number of anilines is 1. The van der Waals surface area contributed by atoms with Crippen molar-refractivity contribution in [3.63, 3.8) is 0 Å². The Bertz CT molecular complexity index is 1670. The van der Waals surface area contributed by atoms with Gasteiger partial charge in [-0.15, -0.1) is 0 Å². The Hall–Kier alpha value is -4.45. The van der Waals surface area contributed by atoms with Crippen molar-refractivity contribution in [2.45, 2.75) is 25.0 Å². The number of ketones is 2. The number of Topliss-reactive ketones (excluding diaryl/α,β-unsaturated/α-hetero) is 2.